The molecule has 2 aromatic carbocycles. The highest BCUT2D eigenvalue weighted by molar-refractivity contribution is 7.89. The normalized spacial score (nSPS) is 15.5. The molecule has 0 aliphatic carbocycles. The fraction of sp³-hybridized carbons (Fsp3) is 0.235. The third-order valence-electron chi connectivity index (χ3n) is 4.14. The molecule has 1 N–H and O–H groups in total. The number of hydrogen-bond donors (Lipinski definition) is 1. The monoisotopic (exact) mass is 426 g/mol. The van der Waals surface area contributed by atoms with Crippen molar-refractivity contribution in [2.24, 2.45) is 5.10 Å². The summed E-state index contributed by atoms with van der Waals surface area (Å²) in [6.07, 6.45) is 0.858. The molecule has 0 amide bonds. The van der Waals surface area contributed by atoms with E-state index in [9.17, 15) is 27.3 Å². The summed E-state index contributed by atoms with van der Waals surface area (Å²) in [4.78, 5) is 9.99. The Morgan fingerprint density at radius 3 is 2.45 bits per heavy atom. The molecule has 1 aliphatic heterocycles. The number of nitrogens with one attached hydrogen (secondary N) is 1. The van der Waals surface area contributed by atoms with Crippen molar-refractivity contribution in [1.82, 2.24) is 4.31 Å². The number of sulfonamides is 1. The zero-order chi connectivity index (χ0) is 21.0. The van der Waals surface area contributed by atoms with E-state index < -0.39 is 37.8 Å². The molecular weight excluding hydrogens is 410 g/mol. The van der Waals surface area contributed by atoms with Crippen molar-refractivity contribution in [1.29, 1.82) is 0 Å². The smallest absolute Gasteiger partial charge is 0.270 e. The van der Waals surface area contributed by atoms with Crippen molar-refractivity contribution in [3.63, 3.8) is 0 Å². The minimum atomic E-state index is -4.10. The number of benzene rings is 2. The third-order valence-corrected chi connectivity index (χ3v) is 6.08. The van der Waals surface area contributed by atoms with Gasteiger partial charge in [-0.15, -0.1) is 0 Å². The molecule has 0 aromatic heterocycles. The van der Waals surface area contributed by atoms with Crippen LogP contribution in [0.15, 0.2) is 46.4 Å². The van der Waals surface area contributed by atoms with E-state index in [4.69, 9.17) is 4.74 Å². The van der Waals surface area contributed by atoms with Crippen LogP contribution in [0, 0.1) is 21.7 Å². The maximum atomic E-state index is 13.7. The van der Waals surface area contributed by atoms with Crippen molar-refractivity contribution in [3.8, 4) is 0 Å². The van der Waals surface area contributed by atoms with Crippen molar-refractivity contribution in [2.75, 3.05) is 31.7 Å². The van der Waals surface area contributed by atoms with Crippen LogP contribution in [0.3, 0.4) is 0 Å². The lowest BCUT2D eigenvalue weighted by Gasteiger charge is -2.26. The largest absolute Gasteiger partial charge is 0.379 e. The van der Waals surface area contributed by atoms with Gasteiger partial charge < -0.3 is 4.74 Å². The highest BCUT2D eigenvalue weighted by Gasteiger charge is 2.30. The molecule has 0 bridgehead atoms. The van der Waals surface area contributed by atoms with Gasteiger partial charge >= 0.3 is 0 Å². The first-order valence-corrected chi connectivity index (χ1v) is 9.84. The van der Waals surface area contributed by atoms with Gasteiger partial charge in [-0.3, -0.25) is 15.5 Å². The van der Waals surface area contributed by atoms with Gasteiger partial charge in [-0.2, -0.15) is 9.41 Å². The summed E-state index contributed by atoms with van der Waals surface area (Å²) in [6.45, 7) is 0.575. The first kappa shape index (κ1) is 20.8. The maximum absolute atomic E-state index is 13.7. The third kappa shape index (κ3) is 4.55. The predicted octanol–water partition coefficient (Wildman–Crippen LogP) is 2.34. The number of hydrazone groups is 1. The zero-order valence-corrected chi connectivity index (χ0v) is 15.7. The Hall–Kier alpha value is -2.96. The van der Waals surface area contributed by atoms with Gasteiger partial charge in [-0.25, -0.2) is 17.2 Å². The number of nitro benzene ring substituents is 1. The van der Waals surface area contributed by atoms with Crippen LogP contribution in [0.1, 0.15) is 5.56 Å². The van der Waals surface area contributed by atoms with Gasteiger partial charge in [0.05, 0.1) is 35.6 Å². The first-order chi connectivity index (χ1) is 13.8. The number of non-ortho nitro benzene ring substituents is 1. The zero-order valence-electron chi connectivity index (χ0n) is 14.9. The molecular formula is C17H16F2N4O5S. The number of halogens is 2. The Bertz CT molecular complexity index is 1040. The van der Waals surface area contributed by atoms with Crippen LogP contribution in [0.2, 0.25) is 0 Å². The Kier molecular flexibility index (Phi) is 6.15. The van der Waals surface area contributed by atoms with Gasteiger partial charge in [0.25, 0.3) is 5.69 Å². The molecule has 154 valence electrons. The second-order valence-corrected chi connectivity index (χ2v) is 7.87. The van der Waals surface area contributed by atoms with Gasteiger partial charge in [0.1, 0.15) is 16.5 Å². The van der Waals surface area contributed by atoms with E-state index in [-0.39, 0.29) is 36.9 Å². The first-order valence-electron chi connectivity index (χ1n) is 8.40. The van der Waals surface area contributed by atoms with E-state index in [1.165, 1.54) is 12.1 Å². The molecule has 1 fully saturated rings. The van der Waals surface area contributed by atoms with E-state index in [1.807, 2.05) is 0 Å². The Morgan fingerprint density at radius 2 is 1.83 bits per heavy atom. The number of nitrogens with zero attached hydrogens (tertiary/aromatic N) is 3. The molecule has 9 nitrogen and oxygen atoms in total. The molecule has 0 spiro atoms. The number of anilines is 1. The van der Waals surface area contributed by atoms with Gasteiger partial charge in [-0.05, 0) is 18.2 Å². The molecule has 12 heteroatoms. The van der Waals surface area contributed by atoms with Crippen LogP contribution >= 0.6 is 0 Å². The molecule has 0 saturated carbocycles. The SMILES string of the molecule is O=[N+]([O-])c1ccc(NN=Cc2c(F)cccc2F)c(S(=O)(=O)N2CCOCC2)c1. The highest BCUT2D eigenvalue weighted by atomic mass is 32.2. The Balaban J connectivity index is 1.96. The van der Waals surface area contributed by atoms with Crippen molar-refractivity contribution >= 4 is 27.6 Å². The molecule has 2 aromatic rings. The summed E-state index contributed by atoms with van der Waals surface area (Å²) < 4.78 is 59.6. The molecule has 1 heterocycles. The summed E-state index contributed by atoms with van der Waals surface area (Å²) in [5.41, 5.74) is 1.49. The second kappa shape index (κ2) is 8.59. The van der Waals surface area contributed by atoms with Crippen LogP contribution in [-0.2, 0) is 14.8 Å². The average molecular weight is 426 g/mol. The fourth-order valence-corrected chi connectivity index (χ4v) is 4.23. The van der Waals surface area contributed by atoms with E-state index in [2.05, 4.69) is 10.5 Å². The van der Waals surface area contributed by atoms with Gasteiger partial charge in [0.15, 0.2) is 0 Å². The molecule has 0 radical (unpaired) electrons. The number of rotatable bonds is 6. The second-order valence-electron chi connectivity index (χ2n) is 5.96. The summed E-state index contributed by atoms with van der Waals surface area (Å²) >= 11 is 0. The highest BCUT2D eigenvalue weighted by Crippen LogP contribution is 2.29. The predicted molar refractivity (Wildman–Crippen MR) is 100 cm³/mol. The lowest BCUT2D eigenvalue weighted by atomic mass is 10.2. The average Bonchev–Trinajstić information content (AvgIpc) is 2.70. The van der Waals surface area contributed by atoms with E-state index >= 15 is 0 Å². The minimum absolute atomic E-state index is 0.0740. The fourth-order valence-electron chi connectivity index (χ4n) is 2.66. The van der Waals surface area contributed by atoms with Crippen LogP contribution in [0.4, 0.5) is 20.2 Å². The number of morpholine rings is 1. The van der Waals surface area contributed by atoms with Crippen LogP contribution in [0.5, 0.6) is 0 Å². The summed E-state index contributed by atoms with van der Waals surface area (Å²) in [6, 6.07) is 6.46. The number of ether oxygens (including phenoxy) is 1. The summed E-state index contributed by atoms with van der Waals surface area (Å²) in [5, 5.41) is 14.8. The van der Waals surface area contributed by atoms with Crippen molar-refractivity contribution < 1.29 is 26.9 Å². The topological polar surface area (TPSA) is 114 Å². The van der Waals surface area contributed by atoms with Gasteiger partial charge in [0, 0.05) is 25.2 Å². The Labute approximate surface area is 164 Å². The number of nitro groups is 1. The van der Waals surface area contributed by atoms with Crippen LogP contribution in [0.25, 0.3) is 0 Å². The van der Waals surface area contributed by atoms with Crippen molar-refractivity contribution in [3.05, 3.63) is 63.7 Å². The van der Waals surface area contributed by atoms with Gasteiger partial charge in [0.2, 0.25) is 10.0 Å². The lowest BCUT2D eigenvalue weighted by Crippen LogP contribution is -2.40. The van der Waals surface area contributed by atoms with Crippen LogP contribution < -0.4 is 5.43 Å². The van der Waals surface area contributed by atoms with E-state index in [0.29, 0.717) is 0 Å². The Morgan fingerprint density at radius 1 is 1.17 bits per heavy atom. The summed E-state index contributed by atoms with van der Waals surface area (Å²) in [5.74, 6) is -1.69. The molecule has 0 atom stereocenters. The van der Waals surface area contributed by atoms with Crippen molar-refractivity contribution in [2.45, 2.75) is 4.90 Å². The molecule has 29 heavy (non-hydrogen) atoms. The van der Waals surface area contributed by atoms with Crippen LogP contribution in [-0.4, -0.2) is 50.2 Å². The molecule has 3 rings (SSSR count). The minimum Gasteiger partial charge on any atom is -0.379 e. The standard InChI is InChI=1S/C17H16F2N4O5S/c18-14-2-1-3-15(19)13(14)11-20-21-16-5-4-12(23(24)25)10-17(16)29(26,27)22-6-8-28-9-7-22/h1-5,10-11,21H,6-9H2. The summed E-state index contributed by atoms with van der Waals surface area (Å²) in [7, 11) is -4.10. The molecule has 1 aliphatic rings. The van der Waals surface area contributed by atoms with E-state index in [1.54, 1.807) is 0 Å². The van der Waals surface area contributed by atoms with Gasteiger partial charge in [-0.1, -0.05) is 6.07 Å². The van der Waals surface area contributed by atoms with E-state index in [0.717, 1.165) is 34.8 Å². The number of hydrogen-bond acceptors (Lipinski definition) is 7. The molecule has 1 saturated heterocycles. The lowest BCUT2D eigenvalue weighted by molar-refractivity contribution is -0.385. The molecule has 0 unspecified atom stereocenters. The maximum Gasteiger partial charge on any atom is 0.270 e. The quantitative estimate of drug-likeness (QED) is 0.431.